The van der Waals surface area contributed by atoms with Crippen LogP contribution in [0.5, 0.6) is 0 Å². The van der Waals surface area contributed by atoms with Crippen molar-refractivity contribution >= 4 is 22.8 Å². The Kier molecular flexibility index (Phi) is 4.87. The Labute approximate surface area is 176 Å². The van der Waals surface area contributed by atoms with Gasteiger partial charge in [0.05, 0.1) is 17.8 Å². The summed E-state index contributed by atoms with van der Waals surface area (Å²) in [5.41, 5.74) is 4.98. The van der Waals surface area contributed by atoms with E-state index in [9.17, 15) is 9.90 Å². The summed E-state index contributed by atoms with van der Waals surface area (Å²) in [6.45, 7) is 4.35. The highest BCUT2D eigenvalue weighted by Gasteiger charge is 2.38. The number of rotatable bonds is 4. The average Bonchev–Trinajstić information content (AvgIpc) is 3.11. The lowest BCUT2D eigenvalue weighted by Gasteiger charge is -2.35. The maximum absolute atomic E-state index is 13.4. The van der Waals surface area contributed by atoms with Gasteiger partial charge >= 0.3 is 0 Å². The standard InChI is InChI=1S/C26H26N2O2/c1-2-19-12-11-17(15-27-19)13-18-14-22-23(21-8-4-3-7-20(18)21)16-28(26(22)30)24-9-5-6-10-25(24)29/h2-4,7-8,11-12,14-15,24-25,29H,1,5-6,9-10,13,16H2/t24?,25-/m0/s1. The van der Waals surface area contributed by atoms with Crippen molar-refractivity contribution < 1.29 is 9.90 Å². The Morgan fingerprint density at radius 2 is 1.93 bits per heavy atom. The molecule has 1 fully saturated rings. The number of benzene rings is 2. The molecular formula is C26H26N2O2. The van der Waals surface area contributed by atoms with Crippen molar-refractivity contribution in [1.29, 1.82) is 0 Å². The first-order chi connectivity index (χ1) is 14.7. The second-order valence-electron chi connectivity index (χ2n) is 8.43. The molecule has 0 saturated heterocycles. The number of hydrogen-bond donors (Lipinski definition) is 1. The van der Waals surface area contributed by atoms with Crippen LogP contribution >= 0.6 is 0 Å². The van der Waals surface area contributed by atoms with Crippen molar-refractivity contribution in [1.82, 2.24) is 9.88 Å². The van der Waals surface area contributed by atoms with Crippen LogP contribution in [-0.4, -0.2) is 33.0 Å². The third kappa shape index (κ3) is 3.21. The molecule has 4 heteroatoms. The largest absolute Gasteiger partial charge is 0.391 e. The Balaban J connectivity index is 1.55. The van der Waals surface area contributed by atoms with Gasteiger partial charge in [0.2, 0.25) is 0 Å². The second-order valence-corrected chi connectivity index (χ2v) is 8.43. The zero-order valence-electron chi connectivity index (χ0n) is 17.1. The lowest BCUT2D eigenvalue weighted by Crippen LogP contribution is -2.45. The maximum atomic E-state index is 13.4. The molecule has 1 amide bonds. The van der Waals surface area contributed by atoms with E-state index in [1.807, 2.05) is 23.2 Å². The highest BCUT2D eigenvalue weighted by molar-refractivity contribution is 6.05. The summed E-state index contributed by atoms with van der Waals surface area (Å²) in [7, 11) is 0. The monoisotopic (exact) mass is 398 g/mol. The van der Waals surface area contributed by atoms with Crippen LogP contribution in [0.25, 0.3) is 16.8 Å². The smallest absolute Gasteiger partial charge is 0.254 e. The van der Waals surface area contributed by atoms with Gasteiger partial charge in [-0.1, -0.05) is 49.8 Å². The first-order valence-corrected chi connectivity index (χ1v) is 10.8. The summed E-state index contributed by atoms with van der Waals surface area (Å²) in [5.74, 6) is 0.0584. The van der Waals surface area contributed by atoms with Gasteiger partial charge in [0.15, 0.2) is 0 Å². The predicted molar refractivity (Wildman–Crippen MR) is 119 cm³/mol. The molecule has 2 aliphatic rings. The van der Waals surface area contributed by atoms with Crippen LogP contribution in [0.2, 0.25) is 0 Å². The van der Waals surface area contributed by atoms with Gasteiger partial charge in [-0.2, -0.15) is 0 Å². The van der Waals surface area contributed by atoms with Gasteiger partial charge in [-0.15, -0.1) is 0 Å². The SMILES string of the molecule is C=Cc1ccc(Cc2cc3c(c4ccccc24)CN(C2CCCC[C@@H]2O)C3=O)cn1. The number of fused-ring (bicyclic) bond motifs is 3. The van der Waals surface area contributed by atoms with Crippen molar-refractivity contribution in [3.63, 3.8) is 0 Å². The minimum absolute atomic E-state index is 0.0584. The molecule has 30 heavy (non-hydrogen) atoms. The summed E-state index contributed by atoms with van der Waals surface area (Å²) in [4.78, 5) is 19.7. The van der Waals surface area contributed by atoms with Crippen molar-refractivity contribution in [2.45, 2.75) is 50.8 Å². The maximum Gasteiger partial charge on any atom is 0.254 e. The van der Waals surface area contributed by atoms with Crippen LogP contribution in [-0.2, 0) is 13.0 Å². The van der Waals surface area contributed by atoms with E-state index in [1.165, 1.54) is 5.39 Å². The van der Waals surface area contributed by atoms with Crippen LogP contribution in [0.1, 0.15) is 58.4 Å². The molecule has 1 unspecified atom stereocenters. The predicted octanol–water partition coefficient (Wildman–Crippen LogP) is 4.73. The van der Waals surface area contributed by atoms with E-state index in [-0.39, 0.29) is 11.9 Å². The lowest BCUT2D eigenvalue weighted by molar-refractivity contribution is 0.0192. The zero-order valence-corrected chi connectivity index (χ0v) is 17.1. The van der Waals surface area contributed by atoms with Gasteiger partial charge in [-0.25, -0.2) is 0 Å². The molecule has 2 aromatic carbocycles. The minimum Gasteiger partial charge on any atom is -0.391 e. The fourth-order valence-electron chi connectivity index (χ4n) is 5.02. The summed E-state index contributed by atoms with van der Waals surface area (Å²) in [6.07, 6.45) is 7.69. The summed E-state index contributed by atoms with van der Waals surface area (Å²) in [6, 6.07) is 14.4. The molecule has 3 aromatic rings. The molecule has 1 saturated carbocycles. The van der Waals surface area contributed by atoms with Crippen LogP contribution in [0.15, 0.2) is 55.2 Å². The first kappa shape index (κ1) is 19.0. The Hall–Kier alpha value is -2.98. The molecule has 1 aliphatic carbocycles. The van der Waals surface area contributed by atoms with Gasteiger partial charge in [0, 0.05) is 18.3 Å². The number of carbonyl (C=O) groups is 1. The number of pyridine rings is 1. The Morgan fingerprint density at radius 1 is 1.13 bits per heavy atom. The van der Waals surface area contributed by atoms with E-state index >= 15 is 0 Å². The quantitative estimate of drug-likeness (QED) is 0.691. The molecule has 2 atom stereocenters. The topological polar surface area (TPSA) is 53.4 Å². The Morgan fingerprint density at radius 3 is 2.67 bits per heavy atom. The molecular weight excluding hydrogens is 372 g/mol. The van der Waals surface area contributed by atoms with Crippen LogP contribution < -0.4 is 0 Å². The number of carbonyl (C=O) groups excluding carboxylic acids is 1. The molecule has 2 heterocycles. The van der Waals surface area contributed by atoms with E-state index in [1.54, 1.807) is 6.08 Å². The number of hydrogen-bond acceptors (Lipinski definition) is 3. The van der Waals surface area contributed by atoms with Crippen molar-refractivity contribution in [2.24, 2.45) is 0 Å². The molecule has 0 radical (unpaired) electrons. The number of aromatic nitrogens is 1. The van der Waals surface area contributed by atoms with Crippen LogP contribution in [0.4, 0.5) is 0 Å². The van der Waals surface area contributed by atoms with Crippen molar-refractivity contribution in [2.75, 3.05) is 0 Å². The van der Waals surface area contributed by atoms with E-state index in [2.05, 4.69) is 41.9 Å². The first-order valence-electron chi connectivity index (χ1n) is 10.8. The highest BCUT2D eigenvalue weighted by Crippen LogP contribution is 2.37. The molecule has 5 rings (SSSR count). The van der Waals surface area contributed by atoms with E-state index in [0.717, 1.165) is 65.4 Å². The highest BCUT2D eigenvalue weighted by atomic mass is 16.3. The molecule has 1 aliphatic heterocycles. The summed E-state index contributed by atoms with van der Waals surface area (Å²) < 4.78 is 0. The van der Waals surface area contributed by atoms with E-state index in [0.29, 0.717) is 6.54 Å². The summed E-state index contributed by atoms with van der Waals surface area (Å²) >= 11 is 0. The number of aliphatic hydroxyl groups is 1. The molecule has 0 spiro atoms. The van der Waals surface area contributed by atoms with E-state index < -0.39 is 6.10 Å². The molecule has 1 N–H and O–H groups in total. The van der Waals surface area contributed by atoms with Gasteiger partial charge in [-0.3, -0.25) is 9.78 Å². The van der Waals surface area contributed by atoms with Gasteiger partial charge in [0.1, 0.15) is 0 Å². The Bertz CT molecular complexity index is 1120. The normalized spacial score (nSPS) is 21.1. The number of amides is 1. The lowest BCUT2D eigenvalue weighted by atomic mass is 9.91. The third-order valence-electron chi connectivity index (χ3n) is 6.61. The van der Waals surface area contributed by atoms with Crippen LogP contribution in [0.3, 0.4) is 0 Å². The van der Waals surface area contributed by atoms with Gasteiger partial charge in [0.25, 0.3) is 5.91 Å². The zero-order chi connectivity index (χ0) is 20.7. The fourth-order valence-corrected chi connectivity index (χ4v) is 5.02. The molecule has 1 aromatic heterocycles. The van der Waals surface area contributed by atoms with Gasteiger partial charge in [-0.05, 0) is 64.9 Å². The molecule has 0 bridgehead atoms. The van der Waals surface area contributed by atoms with Gasteiger partial charge < -0.3 is 10.0 Å². The molecule has 4 nitrogen and oxygen atoms in total. The van der Waals surface area contributed by atoms with Crippen LogP contribution in [0, 0.1) is 0 Å². The summed E-state index contributed by atoms with van der Waals surface area (Å²) in [5, 5.41) is 12.8. The second kappa shape index (κ2) is 7.69. The number of aliphatic hydroxyl groups excluding tert-OH is 1. The van der Waals surface area contributed by atoms with Crippen molar-refractivity contribution in [3.05, 3.63) is 83.2 Å². The number of nitrogens with zero attached hydrogens (tertiary/aromatic N) is 2. The van der Waals surface area contributed by atoms with Crippen molar-refractivity contribution in [3.8, 4) is 0 Å². The van der Waals surface area contributed by atoms with E-state index in [4.69, 9.17) is 0 Å². The average molecular weight is 399 g/mol. The third-order valence-corrected chi connectivity index (χ3v) is 6.61. The fraction of sp³-hybridized carbons (Fsp3) is 0.308. The minimum atomic E-state index is -0.419. The molecule has 152 valence electrons.